The van der Waals surface area contributed by atoms with E-state index in [0.29, 0.717) is 11.5 Å². The first kappa shape index (κ1) is 14.1. The molecular formula is C13H17N4O4+. The number of nitrogen functional groups attached to an aromatic ring is 1. The van der Waals surface area contributed by atoms with E-state index in [4.69, 9.17) is 10.5 Å². The lowest BCUT2D eigenvalue weighted by molar-refractivity contribution is -0.776. The fourth-order valence-electron chi connectivity index (χ4n) is 2.93. The van der Waals surface area contributed by atoms with Crippen LogP contribution in [0.15, 0.2) is 25.1 Å². The van der Waals surface area contributed by atoms with Crippen molar-refractivity contribution in [1.82, 2.24) is 10.1 Å². The van der Waals surface area contributed by atoms with Crippen molar-refractivity contribution in [1.29, 1.82) is 0 Å². The summed E-state index contributed by atoms with van der Waals surface area (Å²) in [5.74, 6) is 0.301. The average Bonchev–Trinajstić information content (AvgIpc) is 3.03. The molecule has 1 unspecified atom stereocenters. The molecule has 3 heterocycles. The van der Waals surface area contributed by atoms with E-state index in [-0.39, 0.29) is 0 Å². The Morgan fingerprint density at radius 1 is 1.52 bits per heavy atom. The lowest BCUT2D eigenvalue weighted by Crippen LogP contribution is -2.58. The molecule has 0 amide bonds. The van der Waals surface area contributed by atoms with Crippen LogP contribution in [0.3, 0.4) is 0 Å². The van der Waals surface area contributed by atoms with Crippen molar-refractivity contribution in [2.45, 2.75) is 30.0 Å². The molecule has 1 aromatic rings. The molecule has 0 aliphatic carbocycles. The van der Waals surface area contributed by atoms with E-state index in [1.807, 2.05) is 0 Å². The summed E-state index contributed by atoms with van der Waals surface area (Å²) in [6.07, 6.45) is 2.83. The lowest BCUT2D eigenvalue weighted by Gasteiger charge is -2.29. The molecule has 8 heteroatoms. The normalized spacial score (nSPS) is 37.7. The Bertz CT molecular complexity index is 608. The minimum Gasteiger partial charge on any atom is -0.394 e. The van der Waals surface area contributed by atoms with Crippen LogP contribution in [-0.2, 0) is 4.74 Å². The van der Waals surface area contributed by atoms with Gasteiger partial charge in [-0.2, -0.15) is 0 Å². The fourth-order valence-corrected chi connectivity index (χ4v) is 2.93. The molecule has 112 valence electrons. The Morgan fingerprint density at radius 3 is 2.90 bits per heavy atom. The van der Waals surface area contributed by atoms with Crippen molar-refractivity contribution in [3.63, 3.8) is 0 Å². The monoisotopic (exact) mass is 293 g/mol. The number of hydrogen-bond donors (Lipinski definition) is 4. The molecule has 3 rings (SSSR count). The van der Waals surface area contributed by atoms with Gasteiger partial charge in [-0.05, 0) is 6.08 Å². The van der Waals surface area contributed by atoms with E-state index >= 15 is 0 Å². The number of rotatable bonds is 3. The third-order valence-corrected chi connectivity index (χ3v) is 4.07. The van der Waals surface area contributed by atoms with Crippen LogP contribution >= 0.6 is 0 Å². The zero-order valence-corrected chi connectivity index (χ0v) is 11.2. The van der Waals surface area contributed by atoms with Gasteiger partial charge >= 0.3 is 0 Å². The van der Waals surface area contributed by atoms with E-state index in [2.05, 4.69) is 16.7 Å². The van der Waals surface area contributed by atoms with Gasteiger partial charge in [0.15, 0.2) is 11.9 Å². The minimum absolute atomic E-state index is 0.301. The molecule has 1 aromatic heterocycles. The molecule has 2 aliphatic rings. The van der Waals surface area contributed by atoms with Gasteiger partial charge in [0.1, 0.15) is 18.3 Å². The van der Waals surface area contributed by atoms with Crippen molar-refractivity contribution in [3.8, 4) is 0 Å². The van der Waals surface area contributed by atoms with Crippen molar-refractivity contribution in [3.05, 3.63) is 30.8 Å². The summed E-state index contributed by atoms with van der Waals surface area (Å²) in [7, 11) is 0. The molecule has 2 aliphatic heterocycles. The smallest absolute Gasteiger partial charge is 0.274 e. The quantitative estimate of drug-likeness (QED) is 0.373. The summed E-state index contributed by atoms with van der Waals surface area (Å²) in [5, 5.41) is 33.8. The van der Waals surface area contributed by atoms with Gasteiger partial charge in [0.05, 0.1) is 6.61 Å². The summed E-state index contributed by atoms with van der Waals surface area (Å²) in [6, 6.07) is -0.545. The second-order valence-electron chi connectivity index (χ2n) is 5.11. The highest BCUT2D eigenvalue weighted by molar-refractivity contribution is 5.56. The van der Waals surface area contributed by atoms with Crippen LogP contribution in [0.25, 0.3) is 6.08 Å². The van der Waals surface area contributed by atoms with Crippen LogP contribution in [0.2, 0.25) is 0 Å². The van der Waals surface area contributed by atoms with Gasteiger partial charge in [-0.15, -0.1) is 0 Å². The Kier molecular flexibility index (Phi) is 3.25. The van der Waals surface area contributed by atoms with Gasteiger partial charge in [-0.3, -0.25) is 0 Å². The number of nitrogens with zero attached hydrogens (tertiary/aromatic N) is 3. The van der Waals surface area contributed by atoms with E-state index in [9.17, 15) is 15.3 Å². The van der Waals surface area contributed by atoms with Gasteiger partial charge in [0, 0.05) is 11.2 Å². The summed E-state index contributed by atoms with van der Waals surface area (Å²) < 4.78 is 7.27. The number of ether oxygens (including phenoxy) is 1. The highest BCUT2D eigenvalue weighted by Crippen LogP contribution is 2.41. The zero-order chi connectivity index (χ0) is 15.2. The number of anilines is 1. The Hall–Kier alpha value is -1.87. The van der Waals surface area contributed by atoms with Gasteiger partial charge in [-0.25, -0.2) is 4.98 Å². The molecule has 0 spiro atoms. The highest BCUT2D eigenvalue weighted by Gasteiger charge is 2.61. The van der Waals surface area contributed by atoms with E-state index in [0.717, 1.165) is 0 Å². The van der Waals surface area contributed by atoms with Crippen molar-refractivity contribution in [2.24, 2.45) is 0 Å². The Labute approximate surface area is 120 Å². The molecule has 21 heavy (non-hydrogen) atoms. The Morgan fingerprint density at radius 2 is 2.29 bits per heavy atom. The summed E-state index contributed by atoms with van der Waals surface area (Å²) in [5.41, 5.74) is 5.07. The minimum atomic E-state index is -1.31. The molecule has 0 saturated carbocycles. The predicted molar refractivity (Wildman–Crippen MR) is 71.6 cm³/mol. The maximum absolute atomic E-state index is 10.4. The van der Waals surface area contributed by atoms with Gasteiger partial charge in [0.2, 0.25) is 11.9 Å². The maximum Gasteiger partial charge on any atom is 0.274 e. The summed E-state index contributed by atoms with van der Waals surface area (Å²) in [4.78, 5) is 3.90. The predicted octanol–water partition coefficient (Wildman–Crippen LogP) is -2.05. The molecule has 0 radical (unpaired) electrons. The Balaban J connectivity index is 2.06. The molecule has 5 atom stereocenters. The van der Waals surface area contributed by atoms with Crippen molar-refractivity contribution < 1.29 is 24.7 Å². The van der Waals surface area contributed by atoms with Gasteiger partial charge in [0.25, 0.3) is 5.69 Å². The SMILES string of the molecule is C=C[C@@]1(C2C=Cc3c(N)ncn[n+]32)O[C@H](CO)[C@@H](O)[C@H]1O. The molecular weight excluding hydrogens is 276 g/mol. The van der Waals surface area contributed by atoms with E-state index < -0.39 is 36.6 Å². The third-order valence-electron chi connectivity index (χ3n) is 4.07. The standard InChI is InChI=1S/C13H17N4O4/c1-2-13(11(20)10(19)8(5-18)21-13)9-4-3-7-12(14)15-6-16-17(7)9/h2-4,6,8-11,18-20H,1,5H2,(H2,14,15,16)/q+1/t8-,9?,10-,11-,13+/m1/s1. The second-order valence-corrected chi connectivity index (χ2v) is 5.11. The highest BCUT2D eigenvalue weighted by atomic mass is 16.6. The van der Waals surface area contributed by atoms with E-state index in [1.165, 1.54) is 12.4 Å². The number of aliphatic hydroxyl groups is 3. The average molecular weight is 293 g/mol. The van der Waals surface area contributed by atoms with E-state index in [1.54, 1.807) is 16.8 Å². The van der Waals surface area contributed by atoms with Crippen molar-refractivity contribution in [2.75, 3.05) is 12.3 Å². The summed E-state index contributed by atoms with van der Waals surface area (Å²) >= 11 is 0. The first-order valence-electron chi connectivity index (χ1n) is 6.54. The molecule has 1 fully saturated rings. The number of fused-ring (bicyclic) bond motifs is 1. The molecule has 5 N–H and O–H groups in total. The van der Waals surface area contributed by atoms with Crippen LogP contribution in [0, 0.1) is 0 Å². The molecule has 0 bridgehead atoms. The first-order chi connectivity index (χ1) is 10.0. The van der Waals surface area contributed by atoms with Crippen molar-refractivity contribution >= 4 is 11.9 Å². The topological polar surface area (TPSA) is 126 Å². The van der Waals surface area contributed by atoms with Crippen LogP contribution < -0.4 is 10.4 Å². The number of hydrogen-bond acceptors (Lipinski definition) is 7. The maximum atomic E-state index is 10.4. The second kappa shape index (κ2) is 4.85. The van der Waals surface area contributed by atoms with Crippen LogP contribution in [0.1, 0.15) is 11.7 Å². The van der Waals surface area contributed by atoms with Crippen LogP contribution in [-0.4, -0.2) is 55.9 Å². The number of nitrogens with two attached hydrogens (primary N) is 1. The number of aromatic nitrogens is 3. The largest absolute Gasteiger partial charge is 0.394 e. The molecule has 1 saturated heterocycles. The first-order valence-corrected chi connectivity index (χ1v) is 6.54. The van der Waals surface area contributed by atoms with Crippen LogP contribution in [0.5, 0.6) is 0 Å². The van der Waals surface area contributed by atoms with Crippen LogP contribution in [0.4, 0.5) is 5.82 Å². The zero-order valence-electron chi connectivity index (χ0n) is 11.2. The number of aliphatic hydroxyl groups excluding tert-OH is 3. The lowest BCUT2D eigenvalue weighted by atomic mass is 9.87. The third kappa shape index (κ3) is 1.80. The fraction of sp³-hybridized carbons (Fsp3) is 0.462. The molecule has 0 aromatic carbocycles. The molecule has 8 nitrogen and oxygen atoms in total. The summed E-state index contributed by atoms with van der Waals surface area (Å²) in [6.45, 7) is 3.30. The van der Waals surface area contributed by atoms with Gasteiger partial charge in [-0.1, -0.05) is 17.3 Å². The van der Waals surface area contributed by atoms with Gasteiger partial charge < -0.3 is 25.8 Å².